The predicted octanol–water partition coefficient (Wildman–Crippen LogP) is 5.15. The van der Waals surface area contributed by atoms with E-state index in [9.17, 15) is 15.2 Å². The molecule has 28 heavy (non-hydrogen) atoms. The van der Waals surface area contributed by atoms with Crippen molar-refractivity contribution >= 4 is 11.5 Å². The van der Waals surface area contributed by atoms with E-state index in [2.05, 4.69) is 6.07 Å². The van der Waals surface area contributed by atoms with Crippen molar-refractivity contribution < 1.29 is 14.6 Å². The van der Waals surface area contributed by atoms with Crippen molar-refractivity contribution in [3.8, 4) is 11.8 Å². The van der Waals surface area contributed by atoms with E-state index >= 15 is 0 Å². The minimum Gasteiger partial charge on any atom is -0.507 e. The fraction of sp³-hybridized carbons (Fsp3) is 0.0833. The summed E-state index contributed by atoms with van der Waals surface area (Å²) in [6.45, 7) is 0. The molecule has 1 unspecified atom stereocenters. The van der Waals surface area contributed by atoms with Gasteiger partial charge in [0.05, 0.1) is 18.8 Å². The zero-order chi connectivity index (χ0) is 19.9. The van der Waals surface area contributed by atoms with Gasteiger partial charge in [0.2, 0.25) is 0 Å². The fourth-order valence-electron chi connectivity index (χ4n) is 2.97. The first-order chi connectivity index (χ1) is 13.7. The Bertz CT molecular complexity index is 1020. The van der Waals surface area contributed by atoms with Crippen LogP contribution in [-0.2, 0) is 0 Å². The zero-order valence-electron chi connectivity index (χ0n) is 15.4. The van der Waals surface area contributed by atoms with Gasteiger partial charge in [0.1, 0.15) is 17.4 Å². The monoisotopic (exact) mass is 369 g/mol. The van der Waals surface area contributed by atoms with Crippen LogP contribution >= 0.6 is 0 Å². The van der Waals surface area contributed by atoms with Gasteiger partial charge in [0.15, 0.2) is 5.78 Å². The first-order valence-corrected chi connectivity index (χ1v) is 8.77. The lowest BCUT2D eigenvalue weighted by Crippen LogP contribution is -2.14. The van der Waals surface area contributed by atoms with Crippen LogP contribution in [0.15, 0.2) is 90.5 Å². The Morgan fingerprint density at radius 3 is 1.93 bits per heavy atom. The lowest BCUT2D eigenvalue weighted by atomic mass is 9.85. The minimum atomic E-state index is -0.932. The predicted molar refractivity (Wildman–Crippen MR) is 108 cm³/mol. The molecule has 0 aliphatic heterocycles. The maximum absolute atomic E-state index is 13.3. The molecule has 0 bridgehead atoms. The number of allylic oxidation sites excluding steroid dienone is 1. The summed E-state index contributed by atoms with van der Waals surface area (Å²) in [6.07, 6.45) is 0. The first-order valence-electron chi connectivity index (χ1n) is 8.77. The molecule has 3 aromatic rings. The molecule has 138 valence electrons. The SMILES string of the molecule is COc1ccc(C(C#N)/C(C(=O)c2ccccc2)=C(\O)c2ccccc2)cc1. The second-order valence-electron chi connectivity index (χ2n) is 6.16. The van der Waals surface area contributed by atoms with Crippen LogP contribution in [-0.4, -0.2) is 18.0 Å². The Morgan fingerprint density at radius 2 is 1.43 bits per heavy atom. The van der Waals surface area contributed by atoms with Crippen molar-refractivity contribution in [1.29, 1.82) is 5.26 Å². The largest absolute Gasteiger partial charge is 0.507 e. The van der Waals surface area contributed by atoms with E-state index < -0.39 is 5.92 Å². The highest BCUT2D eigenvalue weighted by atomic mass is 16.5. The molecule has 0 saturated carbocycles. The Kier molecular flexibility index (Phi) is 5.88. The number of rotatable bonds is 6. The normalized spacial score (nSPS) is 12.4. The van der Waals surface area contributed by atoms with Crippen LogP contribution < -0.4 is 4.74 Å². The van der Waals surface area contributed by atoms with Crippen molar-refractivity contribution in [3.63, 3.8) is 0 Å². The topological polar surface area (TPSA) is 70.3 Å². The van der Waals surface area contributed by atoms with Gasteiger partial charge in [-0.2, -0.15) is 5.26 Å². The van der Waals surface area contributed by atoms with Gasteiger partial charge in [0, 0.05) is 11.1 Å². The number of Topliss-reactive ketones (excluding diaryl/α,β-unsaturated/α-hetero) is 1. The summed E-state index contributed by atoms with van der Waals surface area (Å²) in [5.41, 5.74) is 1.54. The number of nitrogens with zero attached hydrogens (tertiary/aromatic N) is 1. The quantitative estimate of drug-likeness (QED) is 0.370. The molecule has 0 aromatic heterocycles. The Hall–Kier alpha value is -3.84. The smallest absolute Gasteiger partial charge is 0.194 e. The Labute approximate surface area is 164 Å². The lowest BCUT2D eigenvalue weighted by molar-refractivity contribution is 0.102. The van der Waals surface area contributed by atoms with Crippen LogP contribution in [0, 0.1) is 11.3 Å². The summed E-state index contributed by atoms with van der Waals surface area (Å²) in [5, 5.41) is 20.8. The minimum absolute atomic E-state index is 0.0464. The summed E-state index contributed by atoms with van der Waals surface area (Å²) in [5.74, 6) is -0.868. The molecule has 1 atom stereocenters. The van der Waals surface area contributed by atoms with Crippen LogP contribution in [0.2, 0.25) is 0 Å². The second kappa shape index (κ2) is 8.70. The summed E-state index contributed by atoms with van der Waals surface area (Å²) in [7, 11) is 1.56. The maximum atomic E-state index is 13.3. The van der Waals surface area contributed by atoms with E-state index in [1.807, 2.05) is 12.1 Å². The average Bonchev–Trinajstić information content (AvgIpc) is 2.78. The molecule has 4 heteroatoms. The molecule has 4 nitrogen and oxygen atoms in total. The van der Waals surface area contributed by atoms with E-state index in [-0.39, 0.29) is 17.1 Å². The molecular weight excluding hydrogens is 350 g/mol. The molecule has 3 rings (SSSR count). The van der Waals surface area contributed by atoms with Crippen molar-refractivity contribution in [2.45, 2.75) is 5.92 Å². The lowest BCUT2D eigenvalue weighted by Gasteiger charge is -2.16. The van der Waals surface area contributed by atoms with Crippen molar-refractivity contribution in [3.05, 3.63) is 107 Å². The zero-order valence-corrected chi connectivity index (χ0v) is 15.4. The summed E-state index contributed by atoms with van der Waals surface area (Å²) in [6, 6.07) is 26.5. The van der Waals surface area contributed by atoms with Gasteiger partial charge in [-0.05, 0) is 17.7 Å². The van der Waals surface area contributed by atoms with Gasteiger partial charge in [-0.15, -0.1) is 0 Å². The van der Waals surface area contributed by atoms with E-state index in [1.165, 1.54) is 0 Å². The number of aliphatic hydroxyl groups is 1. The summed E-state index contributed by atoms with van der Waals surface area (Å²) < 4.78 is 5.17. The third kappa shape index (κ3) is 3.94. The number of ketones is 1. The second-order valence-corrected chi connectivity index (χ2v) is 6.16. The van der Waals surface area contributed by atoms with E-state index in [4.69, 9.17) is 4.74 Å². The maximum Gasteiger partial charge on any atom is 0.194 e. The van der Waals surface area contributed by atoms with Crippen LogP contribution in [0.25, 0.3) is 5.76 Å². The fourth-order valence-corrected chi connectivity index (χ4v) is 2.97. The van der Waals surface area contributed by atoms with Gasteiger partial charge in [-0.3, -0.25) is 4.79 Å². The molecule has 0 aliphatic rings. The first kappa shape index (κ1) is 18.9. The van der Waals surface area contributed by atoms with Gasteiger partial charge in [-0.25, -0.2) is 0 Å². The highest BCUT2D eigenvalue weighted by molar-refractivity contribution is 6.13. The molecule has 0 aliphatic carbocycles. The van der Waals surface area contributed by atoms with Crippen molar-refractivity contribution in [1.82, 2.24) is 0 Å². The number of nitriles is 1. The number of hydrogen-bond donors (Lipinski definition) is 1. The number of carbonyl (C=O) groups is 1. The highest BCUT2D eigenvalue weighted by Gasteiger charge is 2.28. The summed E-state index contributed by atoms with van der Waals surface area (Å²) in [4.78, 5) is 13.3. The molecular formula is C24H19NO3. The Morgan fingerprint density at radius 1 is 0.893 bits per heavy atom. The van der Waals surface area contributed by atoms with Crippen molar-refractivity contribution in [2.75, 3.05) is 7.11 Å². The van der Waals surface area contributed by atoms with Crippen LogP contribution in [0.5, 0.6) is 5.75 Å². The summed E-state index contributed by atoms with van der Waals surface area (Å²) >= 11 is 0. The molecule has 0 radical (unpaired) electrons. The average molecular weight is 369 g/mol. The van der Waals surface area contributed by atoms with E-state index in [0.29, 0.717) is 22.4 Å². The van der Waals surface area contributed by atoms with Crippen LogP contribution in [0.1, 0.15) is 27.4 Å². The van der Waals surface area contributed by atoms with Crippen molar-refractivity contribution in [2.24, 2.45) is 0 Å². The van der Waals surface area contributed by atoms with Gasteiger partial charge >= 0.3 is 0 Å². The van der Waals surface area contributed by atoms with Gasteiger partial charge in [-0.1, -0.05) is 72.8 Å². The van der Waals surface area contributed by atoms with Crippen LogP contribution in [0.3, 0.4) is 0 Å². The number of carbonyl (C=O) groups excluding carboxylic acids is 1. The van der Waals surface area contributed by atoms with Crippen LogP contribution in [0.4, 0.5) is 0 Å². The Balaban J connectivity index is 2.17. The number of methoxy groups -OCH3 is 1. The number of hydrogen-bond acceptors (Lipinski definition) is 4. The highest BCUT2D eigenvalue weighted by Crippen LogP contribution is 2.33. The molecule has 0 fully saturated rings. The number of benzene rings is 3. The molecule has 0 spiro atoms. The molecule has 0 amide bonds. The third-order valence-corrected chi connectivity index (χ3v) is 4.45. The van der Waals surface area contributed by atoms with E-state index in [0.717, 1.165) is 0 Å². The standard InChI is InChI=1S/C24H19NO3/c1-28-20-14-12-17(13-15-20)21(16-25)22(23(26)18-8-4-2-5-9-18)24(27)19-10-6-3-7-11-19/h2-15,21,26H,1H3/b23-22+. The molecule has 0 heterocycles. The number of aliphatic hydroxyl groups excluding tert-OH is 1. The molecule has 0 saturated heterocycles. The van der Waals surface area contributed by atoms with E-state index in [1.54, 1.807) is 79.9 Å². The third-order valence-electron chi connectivity index (χ3n) is 4.45. The molecule has 3 aromatic carbocycles. The number of ether oxygens (including phenoxy) is 1. The molecule has 1 N–H and O–H groups in total. The van der Waals surface area contributed by atoms with Gasteiger partial charge < -0.3 is 9.84 Å². The van der Waals surface area contributed by atoms with Gasteiger partial charge in [0.25, 0.3) is 0 Å².